The molecule has 0 amide bonds. The first kappa shape index (κ1) is 21.3. The van der Waals surface area contributed by atoms with E-state index in [9.17, 15) is 13.0 Å². The minimum absolute atomic E-state index is 0.0857. The van der Waals surface area contributed by atoms with Gasteiger partial charge in [-0.3, -0.25) is 0 Å². The van der Waals surface area contributed by atoms with E-state index in [1.807, 2.05) is 42.3 Å². The molecule has 0 atom stereocenters. The van der Waals surface area contributed by atoms with Crippen molar-refractivity contribution in [1.82, 2.24) is 0 Å². The Hall–Kier alpha value is -2.59. The Kier molecular flexibility index (Phi) is 5.37. The third kappa shape index (κ3) is 3.86. The molecule has 0 aliphatic carbocycles. The number of aryl methyl sites for hydroxylation is 1. The molecule has 0 spiro atoms. The van der Waals surface area contributed by atoms with Crippen LogP contribution in [0.2, 0.25) is 0 Å². The van der Waals surface area contributed by atoms with Gasteiger partial charge in [0.05, 0.1) is 45.2 Å². The first-order valence-electron chi connectivity index (χ1n) is 9.93. The van der Waals surface area contributed by atoms with E-state index in [0.29, 0.717) is 5.75 Å². The Morgan fingerprint density at radius 3 is 2.75 bits per heavy atom. The second-order valence-corrected chi connectivity index (χ2v) is 11.1. The van der Waals surface area contributed by atoms with Gasteiger partial charge in [0.2, 0.25) is 5.52 Å². The van der Waals surface area contributed by atoms with Crippen LogP contribution in [0.25, 0.3) is 27.1 Å². The van der Waals surface area contributed by atoms with Crippen LogP contribution in [-0.4, -0.2) is 32.4 Å². The number of nitrogens with zero attached hydrogens (tertiary/aromatic N) is 2. The van der Waals surface area contributed by atoms with E-state index in [0.717, 1.165) is 26.1 Å². The highest BCUT2D eigenvalue weighted by Crippen LogP contribution is 2.48. The maximum Gasteiger partial charge on any atom is 0.265 e. The summed E-state index contributed by atoms with van der Waals surface area (Å²) in [5.74, 6) is 0.213. The summed E-state index contributed by atoms with van der Waals surface area (Å²) in [5.41, 5.74) is 2.01. The van der Waals surface area contributed by atoms with Crippen molar-refractivity contribution >= 4 is 66.0 Å². The Bertz CT molecular complexity index is 1490. The topological polar surface area (TPSA) is 73.5 Å². The maximum absolute atomic E-state index is 11.3. The Labute approximate surface area is 194 Å². The molecular formula is C23H20N2O4S3. The standard InChI is InChI=1S/C23H20N2O4S3/c1-24-21(31-20-9-7-15-5-3-4-6-17(15)23(20)24)14-22-25(11-12-32(26,27)28)18-13-16(29-2)8-10-19(18)30-22/h3-10,13-14H,11-12H2,1-2H3. The molecule has 0 radical (unpaired) electrons. The van der Waals surface area contributed by atoms with Crippen molar-refractivity contribution in [3.05, 3.63) is 64.6 Å². The fraction of sp³-hybridized carbons (Fsp3) is 0.174. The van der Waals surface area contributed by atoms with Crippen molar-refractivity contribution in [2.24, 2.45) is 7.05 Å². The lowest BCUT2D eigenvalue weighted by molar-refractivity contribution is -0.641. The number of thioether (sulfide) groups is 1. The van der Waals surface area contributed by atoms with Gasteiger partial charge in [-0.05, 0) is 29.7 Å². The Morgan fingerprint density at radius 2 is 1.97 bits per heavy atom. The van der Waals surface area contributed by atoms with Gasteiger partial charge in [0.15, 0.2) is 0 Å². The summed E-state index contributed by atoms with van der Waals surface area (Å²) in [6, 6.07) is 18.3. The molecular weight excluding hydrogens is 464 g/mol. The lowest BCUT2D eigenvalue weighted by atomic mass is 10.1. The molecule has 5 rings (SSSR count). The lowest BCUT2D eigenvalue weighted by Crippen LogP contribution is -2.30. The molecule has 2 heterocycles. The fourth-order valence-electron chi connectivity index (χ4n) is 3.94. The summed E-state index contributed by atoms with van der Waals surface area (Å²) in [7, 11) is -0.708. The number of ether oxygens (including phenoxy) is 1. The van der Waals surface area contributed by atoms with Gasteiger partial charge in [-0.1, -0.05) is 47.4 Å². The number of hydrogen-bond donors (Lipinski definition) is 0. The number of fused-ring (bicyclic) bond motifs is 4. The Balaban J connectivity index is 1.62. The molecule has 0 saturated carbocycles. The number of thiazole rings is 1. The zero-order valence-electron chi connectivity index (χ0n) is 17.4. The zero-order chi connectivity index (χ0) is 22.5. The van der Waals surface area contributed by atoms with Crippen LogP contribution in [-0.2, 0) is 17.2 Å². The van der Waals surface area contributed by atoms with Crippen LogP contribution in [0.3, 0.4) is 0 Å². The first-order chi connectivity index (χ1) is 15.3. The average molecular weight is 485 g/mol. The average Bonchev–Trinajstić information content (AvgIpc) is 3.28. The molecule has 0 bridgehead atoms. The summed E-state index contributed by atoms with van der Waals surface area (Å²) >= 11 is 3.24. The van der Waals surface area contributed by atoms with Crippen LogP contribution in [0.15, 0.2) is 64.5 Å². The van der Waals surface area contributed by atoms with E-state index < -0.39 is 15.9 Å². The molecule has 4 aromatic rings. The monoisotopic (exact) mass is 484 g/mol. The lowest BCUT2D eigenvalue weighted by Gasteiger charge is -2.21. The Morgan fingerprint density at radius 1 is 1.16 bits per heavy atom. The van der Waals surface area contributed by atoms with Crippen LogP contribution in [0, 0.1) is 0 Å². The van der Waals surface area contributed by atoms with Crippen LogP contribution in [0.1, 0.15) is 5.01 Å². The molecule has 32 heavy (non-hydrogen) atoms. The molecule has 1 aliphatic rings. The van der Waals surface area contributed by atoms with Crippen molar-refractivity contribution in [3.63, 3.8) is 0 Å². The summed E-state index contributed by atoms with van der Waals surface area (Å²) in [5, 5.41) is 4.29. The SMILES string of the molecule is COc1ccc2c(c1)N(CCS(=O)(=O)[O-])C(=Cc1sc3ccc4ccccc4c3[n+]1C)S2. The van der Waals surface area contributed by atoms with Gasteiger partial charge in [0, 0.05) is 17.5 Å². The van der Waals surface area contributed by atoms with Crippen LogP contribution in [0.5, 0.6) is 5.75 Å². The number of anilines is 1. The third-order valence-corrected chi connectivity index (χ3v) is 8.44. The van der Waals surface area contributed by atoms with Gasteiger partial charge in [-0.15, -0.1) is 0 Å². The van der Waals surface area contributed by atoms with E-state index in [4.69, 9.17) is 4.74 Å². The third-order valence-electron chi connectivity index (χ3n) is 5.49. The number of hydrogen-bond acceptors (Lipinski definition) is 7. The second-order valence-electron chi connectivity index (χ2n) is 7.46. The van der Waals surface area contributed by atoms with Crippen molar-refractivity contribution in [3.8, 4) is 5.75 Å². The summed E-state index contributed by atoms with van der Waals surface area (Å²) in [4.78, 5) is 2.88. The molecule has 1 aromatic heterocycles. The molecule has 9 heteroatoms. The fourth-order valence-corrected chi connectivity index (χ4v) is 6.63. The second kappa shape index (κ2) is 8.08. The summed E-state index contributed by atoms with van der Waals surface area (Å²) in [6.45, 7) is 0.0857. The summed E-state index contributed by atoms with van der Waals surface area (Å²) in [6.07, 6.45) is 2.06. The maximum atomic E-state index is 11.3. The van der Waals surface area contributed by atoms with E-state index in [-0.39, 0.29) is 6.54 Å². The molecule has 6 nitrogen and oxygen atoms in total. The van der Waals surface area contributed by atoms with Crippen molar-refractivity contribution in [2.45, 2.75) is 4.90 Å². The molecule has 3 aromatic carbocycles. The highest BCUT2D eigenvalue weighted by molar-refractivity contribution is 8.04. The van der Waals surface area contributed by atoms with Crippen LogP contribution in [0.4, 0.5) is 5.69 Å². The van der Waals surface area contributed by atoms with Gasteiger partial charge in [0.1, 0.15) is 17.5 Å². The highest BCUT2D eigenvalue weighted by atomic mass is 32.2. The van der Waals surface area contributed by atoms with Gasteiger partial charge in [0.25, 0.3) is 5.01 Å². The molecule has 164 valence electrons. The number of methoxy groups -OCH3 is 1. The van der Waals surface area contributed by atoms with Gasteiger partial charge in [-0.2, -0.15) is 4.57 Å². The van der Waals surface area contributed by atoms with Crippen molar-refractivity contribution in [2.75, 3.05) is 24.3 Å². The van der Waals surface area contributed by atoms with Crippen molar-refractivity contribution < 1.29 is 22.3 Å². The number of aromatic nitrogens is 1. The molecule has 1 aliphatic heterocycles. The highest BCUT2D eigenvalue weighted by Gasteiger charge is 2.28. The van der Waals surface area contributed by atoms with E-state index in [1.165, 1.54) is 15.5 Å². The van der Waals surface area contributed by atoms with Gasteiger partial charge in [-0.25, -0.2) is 8.42 Å². The minimum Gasteiger partial charge on any atom is -0.748 e. The quantitative estimate of drug-likeness (QED) is 0.310. The van der Waals surface area contributed by atoms with E-state index in [1.54, 1.807) is 30.2 Å². The first-order valence-corrected chi connectivity index (χ1v) is 13.1. The van der Waals surface area contributed by atoms with Crippen molar-refractivity contribution in [1.29, 1.82) is 0 Å². The summed E-state index contributed by atoms with van der Waals surface area (Å²) < 4.78 is 42.7. The van der Waals surface area contributed by atoms with E-state index >= 15 is 0 Å². The smallest absolute Gasteiger partial charge is 0.265 e. The van der Waals surface area contributed by atoms with Crippen LogP contribution < -0.4 is 14.2 Å². The zero-order valence-corrected chi connectivity index (χ0v) is 19.9. The largest absolute Gasteiger partial charge is 0.748 e. The number of rotatable bonds is 5. The van der Waals surface area contributed by atoms with Gasteiger partial charge >= 0.3 is 0 Å². The van der Waals surface area contributed by atoms with E-state index in [2.05, 4.69) is 34.9 Å². The predicted molar refractivity (Wildman–Crippen MR) is 129 cm³/mol. The molecule has 0 unspecified atom stereocenters. The molecule has 0 N–H and O–H groups in total. The van der Waals surface area contributed by atoms with Crippen LogP contribution >= 0.6 is 23.1 Å². The minimum atomic E-state index is -4.34. The molecule has 0 saturated heterocycles. The van der Waals surface area contributed by atoms with Gasteiger partial charge < -0.3 is 14.2 Å². The normalized spacial score (nSPS) is 15.1. The predicted octanol–water partition coefficient (Wildman–Crippen LogP) is 4.34. The number of benzene rings is 3. The molecule has 0 fully saturated rings.